The van der Waals surface area contributed by atoms with Gasteiger partial charge in [0.15, 0.2) is 0 Å². The maximum atomic E-state index is 4.92. The molecule has 0 aliphatic rings. The molecule has 0 spiro atoms. The Bertz CT molecular complexity index is 2970. The second-order valence-corrected chi connectivity index (χ2v) is 15.3. The van der Waals surface area contributed by atoms with E-state index in [1.54, 1.807) is 11.3 Å². The standard InChI is InChI=1S/C51H34N2S2/c54-49-33-48-50(55-51(52-48)36-12-3-1-4-13-36)32-47(49)38-16-11-15-37(30-38)34-22-26-41(27-23-34)53(40-17-5-2-6-18-40)42-28-24-35(25-29-42)46-31-39-14-7-8-19-43(39)44-20-9-10-21-45(44)46/h1-33,54H. The Morgan fingerprint density at radius 3 is 1.73 bits per heavy atom. The lowest BCUT2D eigenvalue weighted by atomic mass is 9.93. The van der Waals surface area contributed by atoms with Gasteiger partial charge in [-0.2, -0.15) is 0 Å². The molecule has 9 aromatic carbocycles. The molecule has 55 heavy (non-hydrogen) atoms. The molecule has 0 atom stereocenters. The minimum Gasteiger partial charge on any atom is -0.311 e. The number of fused-ring (bicyclic) bond motifs is 4. The summed E-state index contributed by atoms with van der Waals surface area (Å²) in [6.45, 7) is 0. The zero-order valence-electron chi connectivity index (χ0n) is 29.8. The molecular formula is C51H34N2S2. The van der Waals surface area contributed by atoms with Gasteiger partial charge in [0.25, 0.3) is 0 Å². The second kappa shape index (κ2) is 14.1. The van der Waals surface area contributed by atoms with Crippen molar-refractivity contribution in [3.63, 3.8) is 0 Å². The van der Waals surface area contributed by atoms with E-state index < -0.39 is 0 Å². The minimum absolute atomic E-state index is 0.920. The predicted octanol–water partition coefficient (Wildman–Crippen LogP) is 15.0. The number of aromatic nitrogens is 1. The average molecular weight is 739 g/mol. The monoisotopic (exact) mass is 738 g/mol. The SMILES string of the molecule is Sc1cc2nc(-c3ccccc3)sc2cc1-c1cccc(-c2ccc(N(c3ccccc3)c3ccc(-c4cc5ccccc5c5ccccc45)cc3)cc2)c1. The highest BCUT2D eigenvalue weighted by Crippen LogP contribution is 2.41. The van der Waals surface area contributed by atoms with Gasteiger partial charge < -0.3 is 4.90 Å². The predicted molar refractivity (Wildman–Crippen MR) is 238 cm³/mol. The van der Waals surface area contributed by atoms with Crippen LogP contribution in [0, 0.1) is 0 Å². The van der Waals surface area contributed by atoms with Gasteiger partial charge in [-0.1, -0.05) is 140 Å². The Balaban J connectivity index is 0.976. The second-order valence-electron chi connectivity index (χ2n) is 13.8. The number of nitrogens with zero attached hydrogens (tertiary/aromatic N) is 2. The molecule has 0 bridgehead atoms. The van der Waals surface area contributed by atoms with Crippen molar-refractivity contribution in [1.29, 1.82) is 0 Å². The third-order valence-corrected chi connectivity index (χ3v) is 11.8. The van der Waals surface area contributed by atoms with E-state index in [9.17, 15) is 0 Å². The Labute approximate surface area is 330 Å². The molecule has 4 heteroatoms. The molecule has 1 aromatic heterocycles. The Morgan fingerprint density at radius 2 is 0.982 bits per heavy atom. The smallest absolute Gasteiger partial charge is 0.124 e. The first kappa shape index (κ1) is 33.1. The maximum absolute atomic E-state index is 4.92. The Hall–Kier alpha value is -6.46. The van der Waals surface area contributed by atoms with E-state index in [2.05, 4.69) is 199 Å². The molecule has 0 amide bonds. The lowest BCUT2D eigenvalue weighted by Crippen LogP contribution is -2.09. The first-order valence-electron chi connectivity index (χ1n) is 18.4. The van der Waals surface area contributed by atoms with E-state index in [1.807, 2.05) is 6.07 Å². The molecule has 10 rings (SSSR count). The average Bonchev–Trinajstić information content (AvgIpc) is 3.67. The molecule has 0 aliphatic heterocycles. The van der Waals surface area contributed by atoms with Crippen LogP contribution >= 0.6 is 24.0 Å². The first-order chi connectivity index (χ1) is 27.2. The van der Waals surface area contributed by atoms with Gasteiger partial charge in [-0.25, -0.2) is 4.98 Å². The molecule has 10 aromatic rings. The van der Waals surface area contributed by atoms with Crippen molar-refractivity contribution in [2.75, 3.05) is 4.90 Å². The van der Waals surface area contributed by atoms with Crippen molar-refractivity contribution in [2.45, 2.75) is 4.90 Å². The van der Waals surface area contributed by atoms with Gasteiger partial charge in [0, 0.05) is 27.5 Å². The van der Waals surface area contributed by atoms with Crippen LogP contribution in [0.5, 0.6) is 0 Å². The van der Waals surface area contributed by atoms with Crippen LogP contribution in [0.3, 0.4) is 0 Å². The number of anilines is 3. The molecule has 2 nitrogen and oxygen atoms in total. The molecule has 0 N–H and O–H groups in total. The summed E-state index contributed by atoms with van der Waals surface area (Å²) in [6.07, 6.45) is 0. The van der Waals surface area contributed by atoms with Crippen molar-refractivity contribution < 1.29 is 0 Å². The van der Waals surface area contributed by atoms with Gasteiger partial charge in [0.1, 0.15) is 5.01 Å². The summed E-state index contributed by atoms with van der Waals surface area (Å²) in [7, 11) is 0. The number of thiol groups is 1. The van der Waals surface area contributed by atoms with Crippen molar-refractivity contribution in [3.05, 3.63) is 200 Å². The molecule has 0 fully saturated rings. The highest BCUT2D eigenvalue weighted by atomic mass is 32.1. The zero-order valence-corrected chi connectivity index (χ0v) is 31.5. The highest BCUT2D eigenvalue weighted by molar-refractivity contribution is 7.80. The van der Waals surface area contributed by atoms with Crippen molar-refractivity contribution >= 4 is 72.8 Å². The number of hydrogen-bond donors (Lipinski definition) is 1. The Kier molecular flexibility index (Phi) is 8.48. The quantitative estimate of drug-likeness (QED) is 0.129. The molecular weight excluding hydrogens is 705 g/mol. The summed E-state index contributed by atoms with van der Waals surface area (Å²) in [5.74, 6) is 0. The van der Waals surface area contributed by atoms with Crippen molar-refractivity contribution in [3.8, 4) is 44.0 Å². The molecule has 0 aliphatic carbocycles. The number of para-hydroxylation sites is 1. The van der Waals surface area contributed by atoms with Crippen LogP contribution in [0.1, 0.15) is 0 Å². The number of rotatable bonds is 7. The minimum atomic E-state index is 0.920. The van der Waals surface area contributed by atoms with Gasteiger partial charge in [-0.05, 0) is 116 Å². The van der Waals surface area contributed by atoms with Crippen LogP contribution < -0.4 is 4.90 Å². The van der Waals surface area contributed by atoms with Crippen molar-refractivity contribution in [1.82, 2.24) is 4.98 Å². The van der Waals surface area contributed by atoms with Crippen LogP contribution in [0.25, 0.3) is 75.7 Å². The maximum Gasteiger partial charge on any atom is 0.124 e. The lowest BCUT2D eigenvalue weighted by molar-refractivity contribution is 1.28. The van der Waals surface area contributed by atoms with Crippen LogP contribution in [-0.4, -0.2) is 4.98 Å². The first-order valence-corrected chi connectivity index (χ1v) is 19.7. The van der Waals surface area contributed by atoms with E-state index in [-0.39, 0.29) is 0 Å². The summed E-state index contributed by atoms with van der Waals surface area (Å²) in [5.41, 5.74) is 12.4. The summed E-state index contributed by atoms with van der Waals surface area (Å²) in [5, 5.41) is 6.10. The lowest BCUT2D eigenvalue weighted by Gasteiger charge is -2.26. The third kappa shape index (κ3) is 6.26. The fourth-order valence-electron chi connectivity index (χ4n) is 7.67. The number of thiazole rings is 1. The van der Waals surface area contributed by atoms with Gasteiger partial charge in [-0.3, -0.25) is 0 Å². The fourth-order valence-corrected chi connectivity index (χ4v) is 8.98. The molecule has 0 saturated carbocycles. The molecule has 260 valence electrons. The van der Waals surface area contributed by atoms with Gasteiger partial charge in [0.05, 0.1) is 10.2 Å². The molecule has 1 heterocycles. The van der Waals surface area contributed by atoms with Crippen LogP contribution in [0.2, 0.25) is 0 Å². The van der Waals surface area contributed by atoms with Crippen LogP contribution in [-0.2, 0) is 0 Å². The van der Waals surface area contributed by atoms with Gasteiger partial charge in [0.2, 0.25) is 0 Å². The fraction of sp³-hybridized carbons (Fsp3) is 0. The zero-order chi connectivity index (χ0) is 36.7. The van der Waals surface area contributed by atoms with Gasteiger partial charge >= 0.3 is 0 Å². The molecule has 0 radical (unpaired) electrons. The van der Waals surface area contributed by atoms with Crippen molar-refractivity contribution in [2.24, 2.45) is 0 Å². The number of benzene rings is 9. The molecule has 0 saturated heterocycles. The van der Waals surface area contributed by atoms with E-state index >= 15 is 0 Å². The largest absolute Gasteiger partial charge is 0.311 e. The van der Waals surface area contributed by atoms with E-state index in [4.69, 9.17) is 17.6 Å². The van der Waals surface area contributed by atoms with E-state index in [1.165, 1.54) is 32.7 Å². The van der Waals surface area contributed by atoms with E-state index in [0.29, 0.717) is 0 Å². The Morgan fingerprint density at radius 1 is 0.400 bits per heavy atom. The number of hydrogen-bond acceptors (Lipinski definition) is 4. The highest BCUT2D eigenvalue weighted by Gasteiger charge is 2.16. The van der Waals surface area contributed by atoms with Crippen LogP contribution in [0.4, 0.5) is 17.1 Å². The summed E-state index contributed by atoms with van der Waals surface area (Å²) in [6, 6.07) is 71.6. The topological polar surface area (TPSA) is 16.1 Å². The summed E-state index contributed by atoms with van der Waals surface area (Å²) in [4.78, 5) is 8.16. The van der Waals surface area contributed by atoms with Crippen LogP contribution in [0.15, 0.2) is 205 Å². The summed E-state index contributed by atoms with van der Waals surface area (Å²) >= 11 is 6.64. The molecule has 0 unspecified atom stereocenters. The summed E-state index contributed by atoms with van der Waals surface area (Å²) < 4.78 is 1.15. The normalized spacial score (nSPS) is 11.4. The van der Waals surface area contributed by atoms with E-state index in [0.717, 1.165) is 65.0 Å². The van der Waals surface area contributed by atoms with Gasteiger partial charge in [-0.15, -0.1) is 24.0 Å². The third-order valence-electron chi connectivity index (χ3n) is 10.4.